The van der Waals surface area contributed by atoms with Crippen molar-refractivity contribution in [3.63, 3.8) is 0 Å². The fourth-order valence-corrected chi connectivity index (χ4v) is 4.62. The molecule has 0 atom stereocenters. The highest BCUT2D eigenvalue weighted by atomic mass is 35.5. The van der Waals surface area contributed by atoms with E-state index in [1.54, 1.807) is 13.2 Å². The lowest BCUT2D eigenvalue weighted by molar-refractivity contribution is 0.0950. The first-order valence-corrected chi connectivity index (χ1v) is 10.0. The average molecular weight is 412 g/mol. The zero-order valence-corrected chi connectivity index (χ0v) is 15.9. The Morgan fingerprint density at radius 1 is 1.23 bits per heavy atom. The number of aromatic nitrogens is 3. The number of amides is 1. The Kier molecular flexibility index (Phi) is 5.25. The van der Waals surface area contributed by atoms with Gasteiger partial charge in [0.05, 0.1) is 17.1 Å². The number of rotatable bonds is 6. The molecular formula is C15H14ClN5O3S2. The fraction of sp³-hybridized carbons (Fsp3) is 0.133. The third kappa shape index (κ3) is 4.40. The van der Waals surface area contributed by atoms with Crippen LogP contribution in [0.5, 0.6) is 0 Å². The van der Waals surface area contributed by atoms with Crippen LogP contribution in [0.2, 0.25) is 4.34 Å². The molecule has 2 heterocycles. The van der Waals surface area contributed by atoms with E-state index >= 15 is 0 Å². The standard InChI is InChI=1S/C15H14ClN5O3S2/c1-21-18-9-12(19-21)8-17-15(22)10-2-4-11(5-3-10)20-26(23,24)14-7-6-13(16)25-14/h2-7,9,20H,8H2,1H3,(H,17,22). The molecule has 0 radical (unpaired) electrons. The molecule has 0 bridgehead atoms. The summed E-state index contributed by atoms with van der Waals surface area (Å²) in [7, 11) is -2.01. The van der Waals surface area contributed by atoms with Gasteiger partial charge in [0.15, 0.2) is 0 Å². The van der Waals surface area contributed by atoms with Gasteiger partial charge < -0.3 is 5.32 Å². The zero-order chi connectivity index (χ0) is 18.7. The molecule has 0 saturated carbocycles. The molecule has 11 heteroatoms. The minimum atomic E-state index is -3.70. The number of nitrogens with zero attached hydrogens (tertiary/aromatic N) is 3. The van der Waals surface area contributed by atoms with Crippen molar-refractivity contribution in [2.45, 2.75) is 10.8 Å². The number of thiophene rings is 1. The van der Waals surface area contributed by atoms with Crippen LogP contribution in [0.1, 0.15) is 16.1 Å². The second kappa shape index (κ2) is 7.44. The van der Waals surface area contributed by atoms with Crippen LogP contribution in [-0.2, 0) is 23.6 Å². The molecule has 136 valence electrons. The summed E-state index contributed by atoms with van der Waals surface area (Å²) in [6.07, 6.45) is 1.56. The molecule has 2 N–H and O–H groups in total. The Bertz CT molecular complexity index is 1030. The smallest absolute Gasteiger partial charge is 0.271 e. The predicted octanol–water partition coefficient (Wildman–Crippen LogP) is 2.26. The molecule has 0 spiro atoms. The first kappa shape index (κ1) is 18.4. The minimum Gasteiger partial charge on any atom is -0.346 e. The summed E-state index contributed by atoms with van der Waals surface area (Å²) in [4.78, 5) is 13.5. The maximum absolute atomic E-state index is 12.2. The van der Waals surface area contributed by atoms with Gasteiger partial charge in [0.2, 0.25) is 0 Å². The number of nitrogens with one attached hydrogen (secondary N) is 2. The number of benzene rings is 1. The zero-order valence-electron chi connectivity index (χ0n) is 13.5. The van der Waals surface area contributed by atoms with Crippen molar-refractivity contribution in [3.05, 3.63) is 58.2 Å². The van der Waals surface area contributed by atoms with Crippen molar-refractivity contribution in [3.8, 4) is 0 Å². The Hall–Kier alpha value is -2.43. The van der Waals surface area contributed by atoms with E-state index in [0.29, 0.717) is 21.3 Å². The molecule has 1 aromatic carbocycles. The van der Waals surface area contributed by atoms with E-state index in [1.165, 1.54) is 41.2 Å². The molecule has 1 amide bonds. The van der Waals surface area contributed by atoms with E-state index in [9.17, 15) is 13.2 Å². The summed E-state index contributed by atoms with van der Waals surface area (Å²) >= 11 is 6.74. The van der Waals surface area contributed by atoms with Crippen LogP contribution in [0.4, 0.5) is 5.69 Å². The molecule has 3 aromatic rings. The highest BCUT2D eigenvalue weighted by molar-refractivity contribution is 7.94. The van der Waals surface area contributed by atoms with E-state index < -0.39 is 10.0 Å². The van der Waals surface area contributed by atoms with E-state index in [0.717, 1.165) is 11.3 Å². The van der Waals surface area contributed by atoms with Gasteiger partial charge in [-0.25, -0.2) is 8.42 Å². The van der Waals surface area contributed by atoms with Gasteiger partial charge in [-0.2, -0.15) is 15.0 Å². The SMILES string of the molecule is Cn1ncc(CNC(=O)c2ccc(NS(=O)(=O)c3ccc(Cl)s3)cc2)n1. The highest BCUT2D eigenvalue weighted by Gasteiger charge is 2.17. The van der Waals surface area contributed by atoms with Crippen LogP contribution in [0.15, 0.2) is 46.8 Å². The molecule has 26 heavy (non-hydrogen) atoms. The summed E-state index contributed by atoms with van der Waals surface area (Å²) in [5.74, 6) is -0.296. The van der Waals surface area contributed by atoms with Gasteiger partial charge in [-0.1, -0.05) is 11.6 Å². The number of hydrogen-bond acceptors (Lipinski definition) is 6. The predicted molar refractivity (Wildman–Crippen MR) is 98.8 cm³/mol. The highest BCUT2D eigenvalue weighted by Crippen LogP contribution is 2.27. The lowest BCUT2D eigenvalue weighted by Crippen LogP contribution is -2.23. The number of halogens is 1. The van der Waals surface area contributed by atoms with Gasteiger partial charge in [-0.05, 0) is 36.4 Å². The Morgan fingerprint density at radius 3 is 2.54 bits per heavy atom. The monoisotopic (exact) mass is 411 g/mol. The molecule has 8 nitrogen and oxygen atoms in total. The Balaban J connectivity index is 1.63. The molecule has 0 fully saturated rings. The normalized spacial score (nSPS) is 11.3. The van der Waals surface area contributed by atoms with Crippen LogP contribution in [-0.4, -0.2) is 29.3 Å². The summed E-state index contributed by atoms with van der Waals surface area (Å²) in [6, 6.07) is 9.06. The topological polar surface area (TPSA) is 106 Å². The third-order valence-corrected chi connectivity index (χ3v) is 6.39. The van der Waals surface area contributed by atoms with Crippen molar-refractivity contribution in [2.75, 3.05) is 4.72 Å². The molecular weight excluding hydrogens is 398 g/mol. The van der Waals surface area contributed by atoms with Gasteiger partial charge >= 0.3 is 0 Å². The maximum Gasteiger partial charge on any atom is 0.271 e. The molecule has 3 rings (SSSR count). The summed E-state index contributed by atoms with van der Waals surface area (Å²) in [6.45, 7) is 0.250. The number of anilines is 1. The summed E-state index contributed by atoms with van der Waals surface area (Å²) in [5, 5.41) is 10.7. The molecule has 2 aromatic heterocycles. The van der Waals surface area contributed by atoms with Gasteiger partial charge in [-0.15, -0.1) is 11.3 Å². The molecule has 0 aliphatic rings. The van der Waals surface area contributed by atoms with E-state index in [-0.39, 0.29) is 16.7 Å². The second-order valence-corrected chi connectivity index (χ2v) is 8.87. The van der Waals surface area contributed by atoms with E-state index in [2.05, 4.69) is 20.2 Å². The number of carbonyl (C=O) groups excluding carboxylic acids is 1. The first-order chi connectivity index (χ1) is 12.3. The maximum atomic E-state index is 12.2. The average Bonchev–Trinajstić information content (AvgIpc) is 3.22. The quantitative estimate of drug-likeness (QED) is 0.647. The van der Waals surface area contributed by atoms with Gasteiger partial charge in [0.1, 0.15) is 9.90 Å². The molecule has 0 aliphatic carbocycles. The van der Waals surface area contributed by atoms with Gasteiger partial charge in [-0.3, -0.25) is 9.52 Å². The van der Waals surface area contributed by atoms with Crippen LogP contribution < -0.4 is 10.0 Å². The first-order valence-electron chi connectivity index (χ1n) is 7.35. The van der Waals surface area contributed by atoms with Crippen LogP contribution >= 0.6 is 22.9 Å². The van der Waals surface area contributed by atoms with Crippen molar-refractivity contribution in [2.24, 2.45) is 7.05 Å². The Labute approximate surface area is 158 Å². The van der Waals surface area contributed by atoms with Crippen molar-refractivity contribution in [1.82, 2.24) is 20.3 Å². The van der Waals surface area contributed by atoms with Crippen LogP contribution in [0.3, 0.4) is 0 Å². The number of hydrogen-bond donors (Lipinski definition) is 2. The lowest BCUT2D eigenvalue weighted by atomic mass is 10.2. The van der Waals surface area contributed by atoms with Crippen molar-refractivity contribution in [1.29, 1.82) is 0 Å². The largest absolute Gasteiger partial charge is 0.346 e. The third-order valence-electron chi connectivity index (χ3n) is 3.29. The lowest BCUT2D eigenvalue weighted by Gasteiger charge is -2.07. The van der Waals surface area contributed by atoms with Crippen LogP contribution in [0, 0.1) is 0 Å². The second-order valence-electron chi connectivity index (χ2n) is 5.25. The summed E-state index contributed by atoms with van der Waals surface area (Å²) in [5.41, 5.74) is 1.39. The number of aryl methyl sites for hydroxylation is 1. The van der Waals surface area contributed by atoms with E-state index in [4.69, 9.17) is 11.6 Å². The fourth-order valence-electron chi connectivity index (χ4n) is 2.08. The van der Waals surface area contributed by atoms with E-state index in [1.807, 2.05) is 0 Å². The number of sulfonamides is 1. The molecule has 0 saturated heterocycles. The van der Waals surface area contributed by atoms with Crippen molar-refractivity contribution >= 4 is 44.6 Å². The minimum absolute atomic E-state index is 0.119. The molecule has 0 unspecified atom stereocenters. The Morgan fingerprint density at radius 2 is 1.96 bits per heavy atom. The molecule has 0 aliphatic heterocycles. The van der Waals surface area contributed by atoms with Crippen LogP contribution in [0.25, 0.3) is 0 Å². The van der Waals surface area contributed by atoms with Gasteiger partial charge in [0.25, 0.3) is 15.9 Å². The van der Waals surface area contributed by atoms with Gasteiger partial charge in [0, 0.05) is 18.3 Å². The summed E-state index contributed by atoms with van der Waals surface area (Å²) < 4.78 is 27.4. The number of carbonyl (C=O) groups is 1. The van der Waals surface area contributed by atoms with Crippen molar-refractivity contribution < 1.29 is 13.2 Å².